The monoisotopic (exact) mass is 312 g/mol. The highest BCUT2D eigenvalue weighted by Crippen LogP contribution is 2.45. The van der Waals surface area contributed by atoms with E-state index < -0.39 is 0 Å². The zero-order valence-electron chi connectivity index (χ0n) is 12.7. The van der Waals surface area contributed by atoms with Gasteiger partial charge < -0.3 is 10.6 Å². The second-order valence-electron chi connectivity index (χ2n) is 5.68. The molecule has 1 fully saturated rings. The lowest BCUT2D eigenvalue weighted by atomic mass is 10.1. The van der Waals surface area contributed by atoms with E-state index in [2.05, 4.69) is 11.8 Å². The number of hydrogen-bond acceptors (Lipinski definition) is 5. The molecule has 2 N–H and O–H groups in total. The van der Waals surface area contributed by atoms with Gasteiger partial charge in [-0.25, -0.2) is 0 Å². The number of carbonyl (C=O) groups is 1. The third-order valence-corrected chi connectivity index (χ3v) is 5.91. The summed E-state index contributed by atoms with van der Waals surface area (Å²) in [4.78, 5) is 16.5. The zero-order chi connectivity index (χ0) is 14.9. The van der Waals surface area contributed by atoms with Crippen molar-refractivity contribution in [3.05, 3.63) is 4.88 Å². The predicted molar refractivity (Wildman–Crippen MR) is 90.3 cm³/mol. The quantitative estimate of drug-likeness (QED) is 0.607. The molecule has 0 atom stereocenters. The summed E-state index contributed by atoms with van der Waals surface area (Å²) in [5.41, 5.74) is 6.92. The smallest absolute Gasteiger partial charge is 0.177 e. The first-order chi connectivity index (χ1) is 9.49. The van der Waals surface area contributed by atoms with Crippen LogP contribution in [0.15, 0.2) is 4.90 Å². The Bertz CT molecular complexity index is 492. The maximum absolute atomic E-state index is 12.3. The SMILES string of the molecule is CCN(CC1CC1)c1sc(C(=O)C(C)C)c(N)c1SC. The minimum absolute atomic E-state index is 0.00276. The average Bonchev–Trinajstić information content (AvgIpc) is 3.18. The normalized spacial score (nSPS) is 14.8. The summed E-state index contributed by atoms with van der Waals surface area (Å²) in [5.74, 6) is 0.991. The van der Waals surface area contributed by atoms with Crippen LogP contribution in [-0.4, -0.2) is 25.1 Å². The molecule has 0 radical (unpaired) electrons. The number of nitrogens with zero attached hydrogens (tertiary/aromatic N) is 1. The number of carbonyl (C=O) groups excluding carboxylic acids is 1. The van der Waals surface area contributed by atoms with Crippen molar-refractivity contribution in [2.45, 2.75) is 38.5 Å². The molecule has 0 amide bonds. The van der Waals surface area contributed by atoms with Gasteiger partial charge in [-0.05, 0) is 31.9 Å². The number of nitrogen functional groups attached to an aromatic ring is 1. The first kappa shape index (κ1) is 15.7. The number of anilines is 2. The lowest BCUT2D eigenvalue weighted by Gasteiger charge is -2.22. The highest BCUT2D eigenvalue weighted by molar-refractivity contribution is 7.99. The summed E-state index contributed by atoms with van der Waals surface area (Å²) in [5, 5.41) is 1.19. The molecular formula is C15H24N2OS2. The Hall–Kier alpha value is -0.680. The molecule has 2 rings (SSSR count). The standard InChI is InChI=1S/C15H24N2OS2/c1-5-17(8-10-6-7-10)15-14(19-4)11(16)13(20-15)12(18)9(2)3/h9-10H,5-8,16H2,1-4H3. The molecule has 0 saturated heterocycles. The molecule has 1 aromatic heterocycles. The van der Waals surface area contributed by atoms with E-state index in [1.54, 1.807) is 23.1 Å². The molecule has 1 aliphatic carbocycles. The number of hydrogen-bond donors (Lipinski definition) is 1. The van der Waals surface area contributed by atoms with Gasteiger partial charge in [-0.1, -0.05) is 13.8 Å². The van der Waals surface area contributed by atoms with Crippen molar-refractivity contribution in [3.8, 4) is 0 Å². The molecule has 5 heteroatoms. The fourth-order valence-electron chi connectivity index (χ4n) is 2.23. The fourth-order valence-corrected chi connectivity index (χ4v) is 4.58. The molecule has 1 heterocycles. The minimum atomic E-state index is -0.00276. The van der Waals surface area contributed by atoms with E-state index in [1.807, 2.05) is 20.1 Å². The zero-order valence-corrected chi connectivity index (χ0v) is 14.4. The summed E-state index contributed by atoms with van der Waals surface area (Å²) in [6, 6.07) is 0. The van der Waals surface area contributed by atoms with Gasteiger partial charge in [0.1, 0.15) is 5.00 Å². The molecule has 0 bridgehead atoms. The highest BCUT2D eigenvalue weighted by Gasteiger charge is 2.28. The van der Waals surface area contributed by atoms with Crippen LogP contribution < -0.4 is 10.6 Å². The third-order valence-electron chi connectivity index (χ3n) is 3.68. The van der Waals surface area contributed by atoms with Crippen LogP contribution in [0.4, 0.5) is 10.7 Å². The molecule has 1 aliphatic rings. The topological polar surface area (TPSA) is 46.3 Å². The number of rotatable bonds is 7. The van der Waals surface area contributed by atoms with Crippen molar-refractivity contribution in [1.29, 1.82) is 0 Å². The molecule has 3 nitrogen and oxygen atoms in total. The largest absolute Gasteiger partial charge is 0.396 e. The van der Waals surface area contributed by atoms with Gasteiger partial charge in [0.25, 0.3) is 0 Å². The van der Waals surface area contributed by atoms with Crippen LogP contribution >= 0.6 is 23.1 Å². The van der Waals surface area contributed by atoms with Gasteiger partial charge in [0, 0.05) is 19.0 Å². The summed E-state index contributed by atoms with van der Waals surface area (Å²) in [6.07, 6.45) is 4.71. The van der Waals surface area contributed by atoms with Crippen LogP contribution in [0.25, 0.3) is 0 Å². The number of thioether (sulfide) groups is 1. The summed E-state index contributed by atoms with van der Waals surface area (Å²) in [7, 11) is 0. The van der Waals surface area contributed by atoms with Crippen molar-refractivity contribution in [3.63, 3.8) is 0 Å². The lowest BCUT2D eigenvalue weighted by molar-refractivity contribution is 0.0944. The van der Waals surface area contributed by atoms with E-state index in [9.17, 15) is 4.79 Å². The Labute approximate surface area is 129 Å². The van der Waals surface area contributed by atoms with Crippen molar-refractivity contribution in [1.82, 2.24) is 0 Å². The summed E-state index contributed by atoms with van der Waals surface area (Å²) < 4.78 is 0. The first-order valence-corrected chi connectivity index (χ1v) is 9.29. The van der Waals surface area contributed by atoms with Gasteiger partial charge >= 0.3 is 0 Å². The Balaban J connectivity index is 2.35. The lowest BCUT2D eigenvalue weighted by Crippen LogP contribution is -2.24. The van der Waals surface area contributed by atoms with Gasteiger partial charge in [-0.2, -0.15) is 0 Å². The van der Waals surface area contributed by atoms with Crippen LogP contribution in [0.1, 0.15) is 43.3 Å². The van der Waals surface area contributed by atoms with Crippen LogP contribution in [0.2, 0.25) is 0 Å². The second-order valence-corrected chi connectivity index (χ2v) is 7.50. The van der Waals surface area contributed by atoms with E-state index in [4.69, 9.17) is 5.73 Å². The molecule has 112 valence electrons. The number of nitrogens with two attached hydrogens (primary N) is 1. The molecule has 0 aliphatic heterocycles. The van der Waals surface area contributed by atoms with Crippen molar-refractivity contribution in [2.24, 2.45) is 11.8 Å². The van der Waals surface area contributed by atoms with Crippen molar-refractivity contribution >= 4 is 39.6 Å². The number of ketones is 1. The summed E-state index contributed by atoms with van der Waals surface area (Å²) in [6.45, 7) is 8.11. The van der Waals surface area contributed by atoms with Crippen molar-refractivity contribution < 1.29 is 4.79 Å². The minimum Gasteiger partial charge on any atom is -0.396 e. The Morgan fingerprint density at radius 2 is 2.15 bits per heavy atom. The van der Waals surface area contributed by atoms with E-state index in [0.717, 1.165) is 28.8 Å². The Kier molecular flexibility index (Phi) is 5.02. The Morgan fingerprint density at radius 1 is 1.50 bits per heavy atom. The van der Waals surface area contributed by atoms with Crippen LogP contribution in [0.3, 0.4) is 0 Å². The molecular weight excluding hydrogens is 288 g/mol. The fraction of sp³-hybridized carbons (Fsp3) is 0.667. The molecule has 1 aromatic rings. The van der Waals surface area contributed by atoms with Crippen LogP contribution in [0, 0.1) is 11.8 Å². The average molecular weight is 313 g/mol. The van der Waals surface area contributed by atoms with Gasteiger partial charge in [-0.15, -0.1) is 23.1 Å². The molecule has 0 aromatic carbocycles. The van der Waals surface area contributed by atoms with E-state index in [1.165, 1.54) is 17.8 Å². The molecule has 0 unspecified atom stereocenters. The van der Waals surface area contributed by atoms with Gasteiger partial charge in [0.2, 0.25) is 0 Å². The molecule has 0 spiro atoms. The second kappa shape index (κ2) is 6.39. The third kappa shape index (κ3) is 3.14. The van der Waals surface area contributed by atoms with E-state index >= 15 is 0 Å². The van der Waals surface area contributed by atoms with Crippen LogP contribution in [-0.2, 0) is 0 Å². The van der Waals surface area contributed by atoms with Crippen LogP contribution in [0.5, 0.6) is 0 Å². The molecule has 20 heavy (non-hydrogen) atoms. The highest BCUT2D eigenvalue weighted by atomic mass is 32.2. The summed E-state index contributed by atoms with van der Waals surface area (Å²) >= 11 is 3.23. The number of Topliss-reactive ketones (excluding diaryl/α,β-unsaturated/α-hetero) is 1. The van der Waals surface area contributed by atoms with Gasteiger partial charge in [0.05, 0.1) is 15.5 Å². The molecule has 1 saturated carbocycles. The first-order valence-electron chi connectivity index (χ1n) is 7.24. The van der Waals surface area contributed by atoms with E-state index in [-0.39, 0.29) is 11.7 Å². The maximum Gasteiger partial charge on any atom is 0.177 e. The van der Waals surface area contributed by atoms with Gasteiger partial charge in [-0.3, -0.25) is 4.79 Å². The van der Waals surface area contributed by atoms with Gasteiger partial charge in [0.15, 0.2) is 5.78 Å². The Morgan fingerprint density at radius 3 is 2.60 bits per heavy atom. The number of thiophene rings is 1. The predicted octanol–water partition coefficient (Wildman–Crippen LogP) is 4.13. The van der Waals surface area contributed by atoms with Crippen molar-refractivity contribution in [2.75, 3.05) is 30.0 Å². The van der Waals surface area contributed by atoms with E-state index in [0.29, 0.717) is 5.69 Å². The maximum atomic E-state index is 12.3.